The highest BCUT2D eigenvalue weighted by molar-refractivity contribution is 7.98. The molecule has 0 unspecified atom stereocenters. The largest absolute Gasteiger partial charge is 0.303 e. The van der Waals surface area contributed by atoms with E-state index in [-0.39, 0.29) is 0 Å². The Bertz CT molecular complexity index is 374. The van der Waals surface area contributed by atoms with Crippen LogP contribution in [0.25, 0.3) is 0 Å². The SMILES string of the molecule is N#Cc1ccc(CSCCN2CCCC2)cc1. The number of benzene rings is 1. The Hall–Kier alpha value is -0.980. The van der Waals surface area contributed by atoms with Crippen molar-refractivity contribution in [1.82, 2.24) is 4.90 Å². The van der Waals surface area contributed by atoms with E-state index < -0.39 is 0 Å². The summed E-state index contributed by atoms with van der Waals surface area (Å²) in [5.41, 5.74) is 2.06. The maximum atomic E-state index is 8.70. The van der Waals surface area contributed by atoms with Crippen LogP contribution in [0.5, 0.6) is 0 Å². The normalized spacial score (nSPS) is 15.9. The van der Waals surface area contributed by atoms with E-state index in [0.717, 1.165) is 11.3 Å². The van der Waals surface area contributed by atoms with E-state index in [1.807, 2.05) is 23.9 Å². The molecule has 3 heteroatoms. The van der Waals surface area contributed by atoms with Crippen molar-refractivity contribution in [3.05, 3.63) is 35.4 Å². The zero-order valence-corrected chi connectivity index (χ0v) is 10.9. The van der Waals surface area contributed by atoms with Crippen molar-refractivity contribution in [2.45, 2.75) is 18.6 Å². The Balaban J connectivity index is 1.65. The van der Waals surface area contributed by atoms with E-state index >= 15 is 0 Å². The van der Waals surface area contributed by atoms with E-state index in [0.29, 0.717) is 0 Å². The van der Waals surface area contributed by atoms with E-state index in [1.54, 1.807) is 0 Å². The van der Waals surface area contributed by atoms with Gasteiger partial charge in [0.25, 0.3) is 0 Å². The number of rotatable bonds is 5. The summed E-state index contributed by atoms with van der Waals surface area (Å²) < 4.78 is 0. The lowest BCUT2D eigenvalue weighted by Crippen LogP contribution is -2.21. The monoisotopic (exact) mass is 246 g/mol. The van der Waals surface area contributed by atoms with Crippen LogP contribution in [-0.4, -0.2) is 30.3 Å². The number of likely N-dealkylation sites (tertiary alicyclic amines) is 1. The molecular weight excluding hydrogens is 228 g/mol. The molecule has 1 aliphatic rings. The van der Waals surface area contributed by atoms with Gasteiger partial charge in [0.1, 0.15) is 0 Å². The zero-order chi connectivity index (χ0) is 11.9. The van der Waals surface area contributed by atoms with Crippen LogP contribution in [0.2, 0.25) is 0 Å². The molecule has 1 heterocycles. The first-order valence-corrected chi connectivity index (χ1v) is 7.33. The summed E-state index contributed by atoms with van der Waals surface area (Å²) in [7, 11) is 0. The molecule has 2 nitrogen and oxygen atoms in total. The topological polar surface area (TPSA) is 27.0 Å². The molecule has 0 N–H and O–H groups in total. The first kappa shape index (κ1) is 12.5. The third-order valence-electron chi connectivity index (χ3n) is 3.10. The van der Waals surface area contributed by atoms with Gasteiger partial charge in [0.05, 0.1) is 11.6 Å². The number of nitriles is 1. The van der Waals surface area contributed by atoms with Gasteiger partial charge >= 0.3 is 0 Å². The first-order valence-electron chi connectivity index (χ1n) is 6.17. The van der Waals surface area contributed by atoms with Gasteiger partial charge in [-0.1, -0.05) is 12.1 Å². The molecule has 0 amide bonds. The van der Waals surface area contributed by atoms with Crippen molar-refractivity contribution in [3.8, 4) is 6.07 Å². The Kier molecular flexibility index (Phi) is 4.90. The quantitative estimate of drug-likeness (QED) is 0.748. The molecular formula is C14H18N2S. The van der Waals surface area contributed by atoms with Crippen molar-refractivity contribution in [3.63, 3.8) is 0 Å². The van der Waals surface area contributed by atoms with Crippen molar-refractivity contribution < 1.29 is 0 Å². The summed E-state index contributed by atoms with van der Waals surface area (Å²) >= 11 is 1.98. The lowest BCUT2D eigenvalue weighted by Gasteiger charge is -2.13. The van der Waals surface area contributed by atoms with E-state index in [9.17, 15) is 0 Å². The third-order valence-corrected chi connectivity index (χ3v) is 4.11. The maximum Gasteiger partial charge on any atom is 0.0991 e. The maximum absolute atomic E-state index is 8.70. The van der Waals surface area contributed by atoms with Crippen molar-refractivity contribution >= 4 is 11.8 Å². The predicted octanol–water partition coefficient (Wildman–Crippen LogP) is 2.89. The molecule has 0 saturated carbocycles. The Morgan fingerprint density at radius 2 is 1.88 bits per heavy atom. The standard InChI is InChI=1S/C14H18N2S/c15-11-13-3-5-14(6-4-13)12-17-10-9-16-7-1-2-8-16/h3-6H,1-2,7-10,12H2. The van der Waals surface area contributed by atoms with E-state index in [2.05, 4.69) is 23.1 Å². The van der Waals surface area contributed by atoms with Gasteiger partial charge in [0.15, 0.2) is 0 Å². The fourth-order valence-electron chi connectivity index (χ4n) is 2.07. The second-order valence-electron chi connectivity index (χ2n) is 4.41. The van der Waals surface area contributed by atoms with Crippen LogP contribution >= 0.6 is 11.8 Å². The van der Waals surface area contributed by atoms with Crippen LogP contribution in [-0.2, 0) is 5.75 Å². The first-order chi connectivity index (χ1) is 8.38. The number of hydrogen-bond donors (Lipinski definition) is 0. The molecule has 0 spiro atoms. The van der Waals surface area contributed by atoms with Crippen molar-refractivity contribution in [1.29, 1.82) is 5.26 Å². The molecule has 1 saturated heterocycles. The van der Waals surface area contributed by atoms with Gasteiger partial charge < -0.3 is 4.90 Å². The third kappa shape index (κ3) is 4.07. The van der Waals surface area contributed by atoms with Crippen molar-refractivity contribution in [2.75, 3.05) is 25.4 Å². The average Bonchev–Trinajstić information content (AvgIpc) is 2.88. The summed E-state index contributed by atoms with van der Waals surface area (Å²) in [4.78, 5) is 2.55. The van der Waals surface area contributed by atoms with E-state index in [1.165, 1.54) is 43.8 Å². The molecule has 0 aliphatic carbocycles. The molecule has 1 aliphatic heterocycles. The average molecular weight is 246 g/mol. The minimum Gasteiger partial charge on any atom is -0.303 e. The Morgan fingerprint density at radius 3 is 2.53 bits per heavy atom. The molecule has 17 heavy (non-hydrogen) atoms. The fraction of sp³-hybridized carbons (Fsp3) is 0.500. The Morgan fingerprint density at radius 1 is 1.18 bits per heavy atom. The van der Waals surface area contributed by atoms with Gasteiger partial charge in [0, 0.05) is 18.1 Å². The minimum absolute atomic E-state index is 0.746. The second-order valence-corrected chi connectivity index (χ2v) is 5.52. The summed E-state index contributed by atoms with van der Waals surface area (Å²) in [5.74, 6) is 2.26. The van der Waals surface area contributed by atoms with Gasteiger partial charge in [-0.15, -0.1) is 0 Å². The summed E-state index contributed by atoms with van der Waals surface area (Å²) in [6.07, 6.45) is 2.75. The van der Waals surface area contributed by atoms with Crippen molar-refractivity contribution in [2.24, 2.45) is 0 Å². The lowest BCUT2D eigenvalue weighted by molar-refractivity contribution is 0.362. The lowest BCUT2D eigenvalue weighted by atomic mass is 10.2. The Labute approximate surface area is 108 Å². The smallest absolute Gasteiger partial charge is 0.0991 e. The highest BCUT2D eigenvalue weighted by Crippen LogP contribution is 2.14. The van der Waals surface area contributed by atoms with Crippen LogP contribution in [0.3, 0.4) is 0 Å². The molecule has 0 bridgehead atoms. The zero-order valence-electron chi connectivity index (χ0n) is 10.1. The van der Waals surface area contributed by atoms with Gasteiger partial charge in [-0.2, -0.15) is 17.0 Å². The highest BCUT2D eigenvalue weighted by atomic mass is 32.2. The summed E-state index contributed by atoms with van der Waals surface area (Å²) in [6, 6.07) is 10.1. The van der Waals surface area contributed by atoms with Crippen LogP contribution < -0.4 is 0 Å². The second kappa shape index (κ2) is 6.68. The van der Waals surface area contributed by atoms with Crippen LogP contribution in [0.15, 0.2) is 24.3 Å². The highest BCUT2D eigenvalue weighted by Gasteiger charge is 2.10. The number of nitrogens with zero attached hydrogens (tertiary/aromatic N) is 2. The molecule has 2 rings (SSSR count). The predicted molar refractivity (Wildman–Crippen MR) is 73.0 cm³/mol. The van der Waals surface area contributed by atoms with Crippen LogP contribution in [0.1, 0.15) is 24.0 Å². The van der Waals surface area contributed by atoms with Crippen LogP contribution in [0.4, 0.5) is 0 Å². The molecule has 1 aromatic carbocycles. The summed E-state index contributed by atoms with van der Waals surface area (Å²) in [6.45, 7) is 3.80. The van der Waals surface area contributed by atoms with E-state index in [4.69, 9.17) is 5.26 Å². The molecule has 1 fully saturated rings. The minimum atomic E-state index is 0.746. The van der Waals surface area contributed by atoms with Gasteiger partial charge in [-0.05, 0) is 43.6 Å². The number of thioether (sulfide) groups is 1. The molecule has 0 aromatic heterocycles. The van der Waals surface area contributed by atoms with Gasteiger partial charge in [0.2, 0.25) is 0 Å². The number of hydrogen-bond acceptors (Lipinski definition) is 3. The summed E-state index contributed by atoms with van der Waals surface area (Å²) in [5, 5.41) is 8.70. The fourth-order valence-corrected chi connectivity index (χ4v) is 3.03. The van der Waals surface area contributed by atoms with Crippen LogP contribution in [0, 0.1) is 11.3 Å². The van der Waals surface area contributed by atoms with Gasteiger partial charge in [-0.3, -0.25) is 0 Å². The molecule has 0 radical (unpaired) electrons. The molecule has 0 atom stereocenters. The van der Waals surface area contributed by atoms with Gasteiger partial charge in [-0.25, -0.2) is 0 Å². The molecule has 90 valence electrons. The molecule has 1 aromatic rings.